The molecule has 2 N–H and O–H groups in total. The lowest BCUT2D eigenvalue weighted by Crippen LogP contribution is -2.12. The number of carbonyl (C=O) groups excluding carboxylic acids is 1. The van der Waals surface area contributed by atoms with E-state index in [0.29, 0.717) is 11.5 Å². The number of ether oxygens (including phenoxy) is 1. The van der Waals surface area contributed by atoms with Gasteiger partial charge in [0, 0.05) is 4.47 Å². The number of hydrogen-bond donors (Lipinski definition) is 2. The summed E-state index contributed by atoms with van der Waals surface area (Å²) in [4.78, 5) is 15.7. The Hall–Kier alpha value is -2.61. The fraction of sp³-hybridized carbons (Fsp3) is 0.0714. The van der Waals surface area contributed by atoms with Gasteiger partial charge in [-0.05, 0) is 30.3 Å². The van der Waals surface area contributed by atoms with Gasteiger partial charge in [-0.25, -0.2) is 5.10 Å². The lowest BCUT2D eigenvalue weighted by molar-refractivity contribution is 0.0992. The van der Waals surface area contributed by atoms with E-state index >= 15 is 0 Å². The largest absolute Gasteiger partial charge is 0.486 e. The summed E-state index contributed by atoms with van der Waals surface area (Å²) in [6, 6.07) is 10.7. The van der Waals surface area contributed by atoms with Crippen LogP contribution in [0.2, 0.25) is 0 Å². The smallest absolute Gasteiger partial charge is 0.293 e. The predicted octanol–water partition coefficient (Wildman–Crippen LogP) is 2.99. The van der Waals surface area contributed by atoms with Gasteiger partial charge in [0.2, 0.25) is 5.95 Å². The maximum absolute atomic E-state index is 11.9. The summed E-state index contributed by atoms with van der Waals surface area (Å²) < 4.78 is 12.0. The summed E-state index contributed by atoms with van der Waals surface area (Å²) in [6.07, 6.45) is 1.30. The van der Waals surface area contributed by atoms with Gasteiger partial charge < -0.3 is 9.15 Å². The van der Waals surface area contributed by atoms with Crippen LogP contribution in [0.15, 0.2) is 51.6 Å². The van der Waals surface area contributed by atoms with Crippen LogP contribution in [0.25, 0.3) is 0 Å². The van der Waals surface area contributed by atoms with Gasteiger partial charge in [0.05, 0.1) is 0 Å². The highest BCUT2D eigenvalue weighted by Gasteiger charge is 2.13. The Balaban J connectivity index is 1.60. The molecule has 2 aromatic heterocycles. The average molecular weight is 363 g/mol. The fourth-order valence-corrected chi connectivity index (χ4v) is 2.10. The number of amides is 1. The number of carbonyl (C=O) groups is 1. The number of rotatable bonds is 5. The van der Waals surface area contributed by atoms with Crippen LogP contribution in [0, 0.1) is 0 Å². The lowest BCUT2D eigenvalue weighted by atomic mass is 10.3. The van der Waals surface area contributed by atoms with Gasteiger partial charge in [0.15, 0.2) is 5.76 Å². The summed E-state index contributed by atoms with van der Waals surface area (Å²) in [7, 11) is 0. The lowest BCUT2D eigenvalue weighted by Gasteiger charge is -2.04. The standard InChI is InChI=1S/C14H11BrN4O3/c15-9-2-1-3-10(6-9)21-7-11-4-5-12(22-11)13(20)18-14-16-8-17-19-14/h1-6,8H,7H2,(H2,16,17,18,19,20). The number of benzene rings is 1. The minimum atomic E-state index is -0.412. The van der Waals surface area contributed by atoms with Gasteiger partial charge in [0.1, 0.15) is 24.4 Å². The Morgan fingerprint density at radius 3 is 3.05 bits per heavy atom. The van der Waals surface area contributed by atoms with Crippen molar-refractivity contribution in [3.05, 3.63) is 58.7 Å². The SMILES string of the molecule is O=C(Nc1ncn[nH]1)c1ccc(COc2cccc(Br)c2)o1. The van der Waals surface area contributed by atoms with E-state index < -0.39 is 5.91 Å². The second-order valence-electron chi connectivity index (χ2n) is 4.30. The van der Waals surface area contributed by atoms with Crippen LogP contribution in [-0.2, 0) is 6.61 Å². The van der Waals surface area contributed by atoms with Gasteiger partial charge in [-0.3, -0.25) is 10.1 Å². The molecule has 22 heavy (non-hydrogen) atoms. The minimum Gasteiger partial charge on any atom is -0.486 e. The van der Waals surface area contributed by atoms with Crippen LogP contribution in [0.1, 0.15) is 16.3 Å². The quantitative estimate of drug-likeness (QED) is 0.727. The van der Waals surface area contributed by atoms with Crippen molar-refractivity contribution in [1.82, 2.24) is 15.2 Å². The van der Waals surface area contributed by atoms with Crippen molar-refractivity contribution < 1.29 is 13.9 Å². The summed E-state index contributed by atoms with van der Waals surface area (Å²) >= 11 is 3.37. The highest BCUT2D eigenvalue weighted by Crippen LogP contribution is 2.19. The molecule has 0 aliphatic carbocycles. The van der Waals surface area contributed by atoms with Crippen molar-refractivity contribution in [3.8, 4) is 5.75 Å². The van der Waals surface area contributed by atoms with E-state index in [1.54, 1.807) is 12.1 Å². The summed E-state index contributed by atoms with van der Waals surface area (Å²) in [6.45, 7) is 0.228. The molecule has 0 saturated heterocycles. The second-order valence-corrected chi connectivity index (χ2v) is 5.22. The van der Waals surface area contributed by atoms with Gasteiger partial charge in [0.25, 0.3) is 5.91 Å². The molecule has 8 heteroatoms. The van der Waals surface area contributed by atoms with Crippen molar-refractivity contribution in [2.75, 3.05) is 5.32 Å². The van der Waals surface area contributed by atoms with Gasteiger partial charge >= 0.3 is 0 Å². The fourth-order valence-electron chi connectivity index (χ4n) is 1.72. The number of anilines is 1. The number of furan rings is 1. The van der Waals surface area contributed by atoms with Crippen LogP contribution in [0.4, 0.5) is 5.95 Å². The molecule has 3 aromatic rings. The Bertz CT molecular complexity index is 770. The van der Waals surface area contributed by atoms with Crippen molar-refractivity contribution in [2.45, 2.75) is 6.61 Å². The molecule has 3 rings (SSSR count). The number of H-pyrrole nitrogens is 1. The van der Waals surface area contributed by atoms with Crippen LogP contribution < -0.4 is 10.1 Å². The van der Waals surface area contributed by atoms with Crippen LogP contribution in [0.5, 0.6) is 5.75 Å². The van der Waals surface area contributed by atoms with E-state index in [-0.39, 0.29) is 18.3 Å². The molecule has 0 radical (unpaired) electrons. The van der Waals surface area contributed by atoms with E-state index in [1.165, 1.54) is 6.33 Å². The van der Waals surface area contributed by atoms with E-state index in [9.17, 15) is 4.79 Å². The third-order valence-electron chi connectivity index (χ3n) is 2.71. The summed E-state index contributed by atoms with van der Waals surface area (Å²) in [5, 5.41) is 8.70. The van der Waals surface area contributed by atoms with Gasteiger partial charge in [-0.2, -0.15) is 10.1 Å². The first-order valence-corrected chi connectivity index (χ1v) is 7.14. The number of hydrogen-bond acceptors (Lipinski definition) is 5. The average Bonchev–Trinajstić information content (AvgIpc) is 3.16. The molecule has 0 bridgehead atoms. The molecular weight excluding hydrogens is 352 g/mol. The topological polar surface area (TPSA) is 93.0 Å². The number of halogens is 1. The molecule has 7 nitrogen and oxygen atoms in total. The number of nitrogens with one attached hydrogen (secondary N) is 2. The number of aromatic amines is 1. The molecule has 0 aliphatic rings. The van der Waals surface area contributed by atoms with Crippen molar-refractivity contribution in [2.24, 2.45) is 0 Å². The van der Waals surface area contributed by atoms with E-state index in [4.69, 9.17) is 9.15 Å². The van der Waals surface area contributed by atoms with E-state index in [0.717, 1.165) is 4.47 Å². The summed E-state index contributed by atoms with van der Waals surface area (Å²) in [5.74, 6) is 1.27. The molecule has 0 atom stereocenters. The first-order valence-electron chi connectivity index (χ1n) is 6.34. The van der Waals surface area contributed by atoms with Gasteiger partial charge in [-0.1, -0.05) is 22.0 Å². The Morgan fingerprint density at radius 1 is 1.36 bits per heavy atom. The maximum Gasteiger partial charge on any atom is 0.293 e. The van der Waals surface area contributed by atoms with Crippen LogP contribution in [0.3, 0.4) is 0 Å². The molecule has 0 fully saturated rings. The van der Waals surface area contributed by atoms with Crippen molar-refractivity contribution in [1.29, 1.82) is 0 Å². The van der Waals surface area contributed by atoms with Crippen molar-refractivity contribution >= 4 is 27.8 Å². The Labute approximate surface area is 133 Å². The van der Waals surface area contributed by atoms with E-state index in [2.05, 4.69) is 36.4 Å². The molecule has 1 aromatic carbocycles. The number of aromatic nitrogens is 3. The molecule has 0 spiro atoms. The predicted molar refractivity (Wildman–Crippen MR) is 81.5 cm³/mol. The minimum absolute atomic E-state index is 0.171. The molecule has 0 saturated carbocycles. The van der Waals surface area contributed by atoms with Crippen LogP contribution in [-0.4, -0.2) is 21.1 Å². The van der Waals surface area contributed by atoms with Crippen LogP contribution >= 0.6 is 15.9 Å². The monoisotopic (exact) mass is 362 g/mol. The molecule has 0 unspecified atom stereocenters. The maximum atomic E-state index is 11.9. The summed E-state index contributed by atoms with van der Waals surface area (Å²) in [5.41, 5.74) is 0. The first-order chi connectivity index (χ1) is 10.7. The van der Waals surface area contributed by atoms with Gasteiger partial charge in [-0.15, -0.1) is 0 Å². The molecule has 0 aliphatic heterocycles. The molecular formula is C14H11BrN4O3. The molecule has 1 amide bonds. The zero-order valence-corrected chi connectivity index (χ0v) is 12.8. The molecule has 2 heterocycles. The third-order valence-corrected chi connectivity index (χ3v) is 3.20. The Morgan fingerprint density at radius 2 is 2.27 bits per heavy atom. The van der Waals surface area contributed by atoms with E-state index in [1.807, 2.05) is 24.3 Å². The zero-order chi connectivity index (χ0) is 15.4. The zero-order valence-electron chi connectivity index (χ0n) is 11.2. The third kappa shape index (κ3) is 3.53. The normalized spacial score (nSPS) is 10.4. The highest BCUT2D eigenvalue weighted by atomic mass is 79.9. The number of nitrogens with zero attached hydrogens (tertiary/aromatic N) is 2. The Kier molecular flexibility index (Phi) is 4.19. The second kappa shape index (κ2) is 6.44. The first kappa shape index (κ1) is 14.3. The highest BCUT2D eigenvalue weighted by molar-refractivity contribution is 9.10. The molecule has 112 valence electrons. The van der Waals surface area contributed by atoms with Crippen molar-refractivity contribution in [3.63, 3.8) is 0 Å².